The van der Waals surface area contributed by atoms with Gasteiger partial charge in [0.05, 0.1) is 18.3 Å². The number of benzene rings is 2. The van der Waals surface area contributed by atoms with Gasteiger partial charge in [0.1, 0.15) is 23.7 Å². The van der Waals surface area contributed by atoms with Crippen LogP contribution in [0.4, 0.5) is 13.2 Å². The number of aryl methyl sites for hydroxylation is 2. The lowest BCUT2D eigenvalue weighted by atomic mass is 9.97. The molecule has 174 valence electrons. The first-order chi connectivity index (χ1) is 15.1. The Labute approximate surface area is 187 Å². The van der Waals surface area contributed by atoms with E-state index in [2.05, 4.69) is 5.32 Å². The molecule has 2 aromatic rings. The summed E-state index contributed by atoms with van der Waals surface area (Å²) in [5.74, 6) is -4.40. The van der Waals surface area contributed by atoms with Crippen molar-refractivity contribution in [1.82, 2.24) is 5.32 Å². The van der Waals surface area contributed by atoms with E-state index in [0.717, 1.165) is 34.4 Å². The van der Waals surface area contributed by atoms with E-state index in [0.29, 0.717) is 0 Å². The number of rotatable bonds is 6. The second-order valence-electron chi connectivity index (χ2n) is 7.59. The van der Waals surface area contributed by atoms with Crippen molar-refractivity contribution >= 4 is 17.5 Å². The van der Waals surface area contributed by atoms with Crippen LogP contribution in [0.3, 0.4) is 0 Å². The van der Waals surface area contributed by atoms with Crippen molar-refractivity contribution in [2.24, 2.45) is 5.73 Å². The molecule has 6 N–H and O–H groups in total. The highest BCUT2D eigenvalue weighted by molar-refractivity contribution is 8.00. The lowest BCUT2D eigenvalue weighted by Gasteiger charge is -2.42. The Morgan fingerprint density at radius 2 is 1.72 bits per heavy atom. The highest BCUT2D eigenvalue weighted by Gasteiger charge is 2.44. The first-order valence-electron chi connectivity index (χ1n) is 9.86. The maximum atomic E-state index is 13.5. The topological polar surface area (TPSA) is 108 Å². The van der Waals surface area contributed by atoms with Gasteiger partial charge in [-0.1, -0.05) is 30.0 Å². The van der Waals surface area contributed by atoms with Crippen LogP contribution in [-0.2, 0) is 4.74 Å². The summed E-state index contributed by atoms with van der Waals surface area (Å²) < 4.78 is 45.9. The zero-order chi connectivity index (χ0) is 23.6. The molecule has 1 fully saturated rings. The first-order valence-corrected chi connectivity index (χ1v) is 10.7. The Bertz CT molecular complexity index is 964. The molecule has 0 bridgehead atoms. The van der Waals surface area contributed by atoms with Crippen LogP contribution >= 0.6 is 11.8 Å². The molecule has 0 spiro atoms. The highest BCUT2D eigenvalue weighted by Crippen LogP contribution is 2.36. The average molecular weight is 471 g/mol. The van der Waals surface area contributed by atoms with Crippen molar-refractivity contribution in [3.05, 3.63) is 70.7 Å². The second-order valence-corrected chi connectivity index (χ2v) is 8.70. The maximum absolute atomic E-state index is 13.5. The molecule has 1 aliphatic heterocycles. The Morgan fingerprint density at radius 3 is 2.28 bits per heavy atom. The first kappa shape index (κ1) is 24.4. The zero-order valence-electron chi connectivity index (χ0n) is 17.4. The van der Waals surface area contributed by atoms with E-state index in [9.17, 15) is 28.5 Å². The van der Waals surface area contributed by atoms with Gasteiger partial charge in [0.2, 0.25) is 0 Å². The fraction of sp³-hybridized carbons (Fsp3) is 0.364. The summed E-state index contributed by atoms with van der Waals surface area (Å²) in [6.07, 6.45) is -2.38. The number of nitrogens with two attached hydrogens (primary N) is 1. The summed E-state index contributed by atoms with van der Waals surface area (Å²) >= 11 is 1.26. The van der Waals surface area contributed by atoms with Gasteiger partial charge in [-0.2, -0.15) is 0 Å². The zero-order valence-corrected chi connectivity index (χ0v) is 18.2. The molecule has 5 unspecified atom stereocenters. The van der Waals surface area contributed by atoms with Gasteiger partial charge < -0.3 is 31.1 Å². The number of nitrogens with one attached hydrogen (secondary N) is 1. The van der Waals surface area contributed by atoms with Crippen LogP contribution in [0, 0.1) is 31.3 Å². The van der Waals surface area contributed by atoms with Gasteiger partial charge in [0, 0.05) is 16.7 Å². The van der Waals surface area contributed by atoms with Crippen molar-refractivity contribution in [1.29, 1.82) is 0 Å². The minimum absolute atomic E-state index is 0.120. The van der Waals surface area contributed by atoms with Crippen LogP contribution in [0.25, 0.3) is 5.70 Å². The Kier molecular flexibility index (Phi) is 7.73. The van der Waals surface area contributed by atoms with Gasteiger partial charge >= 0.3 is 0 Å². The monoisotopic (exact) mass is 470 g/mol. The molecule has 0 aromatic heterocycles. The predicted molar refractivity (Wildman–Crippen MR) is 115 cm³/mol. The molecule has 0 radical (unpaired) electrons. The molecule has 1 saturated heterocycles. The SMILES string of the molecule is Cc1cccc(C)c1SC1OC(CO)C(O)C(N/C=C(\N)c2cc(F)c(F)c(F)c2)C1O. The lowest BCUT2D eigenvalue weighted by Crippen LogP contribution is -2.62. The van der Waals surface area contributed by atoms with E-state index < -0.39 is 53.8 Å². The van der Waals surface area contributed by atoms with Crippen LogP contribution < -0.4 is 11.1 Å². The maximum Gasteiger partial charge on any atom is 0.194 e. The average Bonchev–Trinajstić information content (AvgIpc) is 2.75. The number of hydrogen-bond donors (Lipinski definition) is 5. The number of aliphatic hydroxyl groups excluding tert-OH is 3. The molecule has 2 aromatic carbocycles. The molecule has 0 saturated carbocycles. The Balaban J connectivity index is 1.83. The van der Waals surface area contributed by atoms with Gasteiger partial charge in [0.15, 0.2) is 17.5 Å². The van der Waals surface area contributed by atoms with Gasteiger partial charge in [-0.3, -0.25) is 0 Å². The van der Waals surface area contributed by atoms with Crippen molar-refractivity contribution < 1.29 is 33.2 Å². The van der Waals surface area contributed by atoms with E-state index in [-0.39, 0.29) is 11.3 Å². The predicted octanol–water partition coefficient (Wildman–Crippen LogP) is 2.17. The van der Waals surface area contributed by atoms with Crippen molar-refractivity contribution in [2.45, 2.75) is 48.5 Å². The molecule has 5 atom stereocenters. The minimum Gasteiger partial charge on any atom is -0.397 e. The fourth-order valence-electron chi connectivity index (χ4n) is 3.47. The highest BCUT2D eigenvalue weighted by atomic mass is 32.2. The van der Waals surface area contributed by atoms with E-state index in [1.54, 1.807) is 0 Å². The van der Waals surface area contributed by atoms with Crippen LogP contribution in [0.2, 0.25) is 0 Å². The fourth-order valence-corrected chi connectivity index (χ4v) is 4.72. The third-order valence-electron chi connectivity index (χ3n) is 5.28. The van der Waals surface area contributed by atoms with Gasteiger partial charge in [-0.15, -0.1) is 0 Å². The number of thioether (sulfide) groups is 1. The summed E-state index contributed by atoms with van der Waals surface area (Å²) in [4.78, 5) is 0.899. The summed E-state index contributed by atoms with van der Waals surface area (Å²) in [6, 6.07) is 6.20. The molecule has 0 aliphatic carbocycles. The molecule has 10 heteroatoms. The van der Waals surface area contributed by atoms with Crippen LogP contribution in [0.5, 0.6) is 0 Å². The second kappa shape index (κ2) is 10.1. The minimum atomic E-state index is -1.61. The van der Waals surface area contributed by atoms with Gasteiger partial charge in [0.25, 0.3) is 0 Å². The molecule has 32 heavy (non-hydrogen) atoms. The largest absolute Gasteiger partial charge is 0.397 e. The van der Waals surface area contributed by atoms with Crippen molar-refractivity contribution in [2.75, 3.05) is 6.61 Å². The molecular weight excluding hydrogens is 445 g/mol. The quantitative estimate of drug-likeness (QED) is 0.412. The van der Waals surface area contributed by atoms with E-state index in [1.807, 2.05) is 32.0 Å². The molecule has 3 rings (SSSR count). The third kappa shape index (κ3) is 5.05. The summed E-state index contributed by atoms with van der Waals surface area (Å²) in [5.41, 5.74) is 6.71. The van der Waals surface area contributed by atoms with E-state index >= 15 is 0 Å². The molecule has 1 aliphatic rings. The van der Waals surface area contributed by atoms with Crippen molar-refractivity contribution in [3.63, 3.8) is 0 Å². The van der Waals surface area contributed by atoms with E-state index in [1.165, 1.54) is 11.8 Å². The number of halogens is 3. The Morgan fingerprint density at radius 1 is 1.12 bits per heavy atom. The summed E-state index contributed by atoms with van der Waals surface area (Å²) in [6.45, 7) is 3.34. The summed E-state index contributed by atoms with van der Waals surface area (Å²) in [7, 11) is 0. The Hall–Kier alpha value is -2.24. The van der Waals surface area contributed by atoms with Gasteiger partial charge in [-0.05, 0) is 37.1 Å². The standard InChI is InChI=1S/C22H25F3N2O4S/c1-10-4-3-5-11(2)21(10)32-22-20(30)18(19(29)16(9-28)31-22)27-8-15(26)12-6-13(23)17(25)14(24)7-12/h3-8,16,18-20,22,27-30H,9,26H2,1-2H3/b15-8-. The third-order valence-corrected chi connectivity index (χ3v) is 6.78. The lowest BCUT2D eigenvalue weighted by molar-refractivity contribution is -0.164. The number of aliphatic hydroxyl groups is 3. The van der Waals surface area contributed by atoms with Crippen LogP contribution in [0.15, 0.2) is 41.4 Å². The van der Waals surface area contributed by atoms with E-state index in [4.69, 9.17) is 10.5 Å². The summed E-state index contributed by atoms with van der Waals surface area (Å²) in [5, 5.41) is 33.8. The van der Waals surface area contributed by atoms with Crippen LogP contribution in [-0.4, -0.2) is 51.7 Å². The van der Waals surface area contributed by atoms with Gasteiger partial charge in [-0.25, -0.2) is 13.2 Å². The smallest absolute Gasteiger partial charge is 0.194 e. The molecule has 0 amide bonds. The number of ether oxygens (including phenoxy) is 1. The van der Waals surface area contributed by atoms with Crippen molar-refractivity contribution in [3.8, 4) is 0 Å². The number of hydrogen-bond acceptors (Lipinski definition) is 7. The molecular formula is C22H25F3N2O4S. The normalized spacial score (nSPS) is 26.2. The molecule has 6 nitrogen and oxygen atoms in total. The van der Waals surface area contributed by atoms with Crippen LogP contribution in [0.1, 0.15) is 16.7 Å². The molecule has 1 heterocycles.